The first-order valence-corrected chi connectivity index (χ1v) is 8.41. The van der Waals surface area contributed by atoms with Gasteiger partial charge in [0.05, 0.1) is 0 Å². The van der Waals surface area contributed by atoms with Gasteiger partial charge in [0.1, 0.15) is 5.82 Å². The minimum Gasteiger partial charge on any atom is -0.306 e. The molecule has 0 saturated heterocycles. The van der Waals surface area contributed by atoms with Gasteiger partial charge in [0.15, 0.2) is 0 Å². The van der Waals surface area contributed by atoms with Gasteiger partial charge in [-0.15, -0.1) is 11.8 Å². The Morgan fingerprint density at radius 1 is 1.25 bits per heavy atom. The van der Waals surface area contributed by atoms with Crippen LogP contribution in [0.25, 0.3) is 0 Å². The van der Waals surface area contributed by atoms with Gasteiger partial charge in [-0.3, -0.25) is 0 Å². The highest BCUT2D eigenvalue weighted by Crippen LogP contribution is 2.36. The van der Waals surface area contributed by atoms with Crippen LogP contribution in [0.3, 0.4) is 0 Å². The zero-order chi connectivity index (χ0) is 13.9. The summed E-state index contributed by atoms with van der Waals surface area (Å²) in [7, 11) is 0. The smallest absolute Gasteiger partial charge is 0.123 e. The first-order chi connectivity index (χ1) is 9.74. The molecule has 0 spiro atoms. The first kappa shape index (κ1) is 14.1. The Morgan fingerprint density at radius 3 is 2.95 bits per heavy atom. The third-order valence-electron chi connectivity index (χ3n) is 3.51. The summed E-state index contributed by atoms with van der Waals surface area (Å²) in [5, 5.41) is 3.55. The molecule has 0 fully saturated rings. The highest BCUT2D eigenvalue weighted by Gasteiger charge is 2.20. The SMILES string of the molecule is Fc1ccc2c(c1)C(NCc1ccccc1Br)CCS2. The van der Waals surface area contributed by atoms with Crippen LogP contribution >= 0.6 is 27.7 Å². The first-order valence-electron chi connectivity index (χ1n) is 6.63. The minimum atomic E-state index is -0.154. The monoisotopic (exact) mass is 351 g/mol. The minimum absolute atomic E-state index is 0.154. The average molecular weight is 352 g/mol. The predicted octanol–water partition coefficient (Wildman–Crippen LogP) is 4.91. The van der Waals surface area contributed by atoms with E-state index in [0.717, 1.165) is 28.8 Å². The summed E-state index contributed by atoms with van der Waals surface area (Å²) in [4.78, 5) is 1.20. The van der Waals surface area contributed by atoms with Crippen molar-refractivity contribution >= 4 is 27.7 Å². The molecule has 1 nitrogen and oxygen atoms in total. The highest BCUT2D eigenvalue weighted by atomic mass is 79.9. The van der Waals surface area contributed by atoms with Gasteiger partial charge in [-0.2, -0.15) is 0 Å². The van der Waals surface area contributed by atoms with Crippen molar-refractivity contribution in [1.29, 1.82) is 0 Å². The van der Waals surface area contributed by atoms with Crippen LogP contribution in [0.4, 0.5) is 4.39 Å². The van der Waals surface area contributed by atoms with Crippen molar-refractivity contribution in [1.82, 2.24) is 5.32 Å². The quantitative estimate of drug-likeness (QED) is 0.842. The van der Waals surface area contributed by atoms with Gasteiger partial charge in [0, 0.05) is 22.0 Å². The molecular weight excluding hydrogens is 337 g/mol. The standard InChI is InChI=1S/C16H15BrFNS/c17-14-4-2-1-3-11(14)10-19-15-7-8-20-16-6-5-12(18)9-13(15)16/h1-6,9,15,19H,7-8,10H2. The second-order valence-corrected chi connectivity index (χ2v) is 6.84. The van der Waals surface area contributed by atoms with Crippen molar-refractivity contribution in [2.45, 2.75) is 23.9 Å². The van der Waals surface area contributed by atoms with Crippen LogP contribution in [0.15, 0.2) is 51.8 Å². The molecule has 3 rings (SSSR count). The Morgan fingerprint density at radius 2 is 2.10 bits per heavy atom. The molecule has 1 atom stereocenters. The van der Waals surface area contributed by atoms with Gasteiger partial charge in [-0.1, -0.05) is 34.1 Å². The van der Waals surface area contributed by atoms with E-state index in [-0.39, 0.29) is 11.9 Å². The maximum atomic E-state index is 13.5. The number of fused-ring (bicyclic) bond motifs is 1. The van der Waals surface area contributed by atoms with Gasteiger partial charge in [-0.25, -0.2) is 4.39 Å². The van der Waals surface area contributed by atoms with Crippen molar-refractivity contribution < 1.29 is 4.39 Å². The number of rotatable bonds is 3. The van der Waals surface area contributed by atoms with E-state index < -0.39 is 0 Å². The molecule has 1 aliphatic rings. The van der Waals surface area contributed by atoms with Crippen molar-refractivity contribution in [3.63, 3.8) is 0 Å². The number of nitrogens with one attached hydrogen (secondary N) is 1. The Bertz CT molecular complexity index is 617. The van der Waals surface area contributed by atoms with Crippen molar-refractivity contribution in [3.8, 4) is 0 Å². The van der Waals surface area contributed by atoms with Crippen molar-refractivity contribution in [2.75, 3.05) is 5.75 Å². The summed E-state index contributed by atoms with van der Waals surface area (Å²) >= 11 is 5.37. The zero-order valence-corrected chi connectivity index (χ0v) is 13.3. The second-order valence-electron chi connectivity index (χ2n) is 4.84. The van der Waals surface area contributed by atoms with E-state index in [4.69, 9.17) is 0 Å². The number of benzene rings is 2. The average Bonchev–Trinajstić information content (AvgIpc) is 2.46. The molecule has 1 unspecified atom stereocenters. The van der Waals surface area contributed by atoms with E-state index in [1.165, 1.54) is 10.5 Å². The van der Waals surface area contributed by atoms with Crippen LogP contribution in [-0.4, -0.2) is 5.75 Å². The Balaban J connectivity index is 1.77. The molecule has 4 heteroatoms. The van der Waals surface area contributed by atoms with Gasteiger partial charge >= 0.3 is 0 Å². The molecule has 0 radical (unpaired) electrons. The molecule has 1 aliphatic heterocycles. The van der Waals surface area contributed by atoms with E-state index >= 15 is 0 Å². The second kappa shape index (κ2) is 6.29. The molecule has 1 N–H and O–H groups in total. The van der Waals surface area contributed by atoms with E-state index in [1.54, 1.807) is 12.1 Å². The molecule has 0 aromatic heterocycles. The number of hydrogen-bond donors (Lipinski definition) is 1. The predicted molar refractivity (Wildman–Crippen MR) is 85.5 cm³/mol. The van der Waals surface area contributed by atoms with E-state index in [2.05, 4.69) is 27.3 Å². The molecule has 2 aromatic rings. The van der Waals surface area contributed by atoms with Crippen LogP contribution in [0, 0.1) is 5.82 Å². The van der Waals surface area contributed by atoms with Gasteiger partial charge in [0.25, 0.3) is 0 Å². The molecule has 0 bridgehead atoms. The number of thioether (sulfide) groups is 1. The molecule has 0 amide bonds. The molecule has 1 heterocycles. The fraction of sp³-hybridized carbons (Fsp3) is 0.250. The summed E-state index contributed by atoms with van der Waals surface area (Å²) in [5.74, 6) is 0.922. The number of halogens is 2. The maximum absolute atomic E-state index is 13.5. The lowest BCUT2D eigenvalue weighted by molar-refractivity contribution is 0.504. The van der Waals surface area contributed by atoms with E-state index in [1.807, 2.05) is 36.0 Å². The molecular formula is C16H15BrFNS. The highest BCUT2D eigenvalue weighted by molar-refractivity contribution is 9.10. The molecule has 0 aliphatic carbocycles. The third-order valence-corrected chi connectivity index (χ3v) is 5.40. The van der Waals surface area contributed by atoms with E-state index in [9.17, 15) is 4.39 Å². The molecule has 20 heavy (non-hydrogen) atoms. The fourth-order valence-electron chi connectivity index (χ4n) is 2.45. The summed E-state index contributed by atoms with van der Waals surface area (Å²) < 4.78 is 14.6. The topological polar surface area (TPSA) is 12.0 Å². The molecule has 2 aromatic carbocycles. The van der Waals surface area contributed by atoms with Crippen LogP contribution in [0.2, 0.25) is 0 Å². The van der Waals surface area contributed by atoms with Crippen molar-refractivity contribution in [2.24, 2.45) is 0 Å². The summed E-state index contributed by atoms with van der Waals surface area (Å²) in [6, 6.07) is 13.5. The normalized spacial score (nSPS) is 17.8. The van der Waals surface area contributed by atoms with Gasteiger partial charge < -0.3 is 5.32 Å². The maximum Gasteiger partial charge on any atom is 0.123 e. The summed E-state index contributed by atoms with van der Waals surface area (Å²) in [6.07, 6.45) is 1.03. The van der Waals surface area contributed by atoms with Gasteiger partial charge in [0.2, 0.25) is 0 Å². The summed E-state index contributed by atoms with van der Waals surface area (Å²) in [5.41, 5.74) is 2.32. The largest absolute Gasteiger partial charge is 0.306 e. The van der Waals surface area contributed by atoms with Crippen LogP contribution in [0.1, 0.15) is 23.6 Å². The zero-order valence-electron chi connectivity index (χ0n) is 10.9. The van der Waals surface area contributed by atoms with Crippen LogP contribution in [-0.2, 0) is 6.54 Å². The Labute approximate surface area is 131 Å². The van der Waals surface area contributed by atoms with Gasteiger partial charge in [-0.05, 0) is 47.6 Å². The Hall–Kier alpha value is -0.840. The third kappa shape index (κ3) is 3.08. The summed E-state index contributed by atoms with van der Waals surface area (Å²) in [6.45, 7) is 0.784. The molecule has 104 valence electrons. The fourth-order valence-corrected chi connectivity index (χ4v) is 3.98. The number of hydrogen-bond acceptors (Lipinski definition) is 2. The lowest BCUT2D eigenvalue weighted by Gasteiger charge is -2.26. The molecule has 0 saturated carbocycles. The Kier molecular flexibility index (Phi) is 4.44. The van der Waals surface area contributed by atoms with Crippen molar-refractivity contribution in [3.05, 3.63) is 63.9 Å². The van der Waals surface area contributed by atoms with Crippen LogP contribution in [0.5, 0.6) is 0 Å². The van der Waals surface area contributed by atoms with Crippen LogP contribution < -0.4 is 5.32 Å². The van der Waals surface area contributed by atoms with E-state index in [0.29, 0.717) is 0 Å². The lowest BCUT2D eigenvalue weighted by Crippen LogP contribution is -2.24. The lowest BCUT2D eigenvalue weighted by atomic mass is 10.0.